The minimum absolute atomic E-state index is 0.0355. The minimum atomic E-state index is -4.77. The zero-order chi connectivity index (χ0) is 45.3. The van der Waals surface area contributed by atoms with Crippen LogP contribution in [0.5, 0.6) is 17.5 Å². The first-order valence-electron chi connectivity index (χ1n) is 21.0. The zero-order valence-electron chi connectivity index (χ0n) is 37.1. The van der Waals surface area contributed by atoms with Crippen molar-refractivity contribution in [2.24, 2.45) is 0 Å². The van der Waals surface area contributed by atoms with Crippen molar-refractivity contribution in [3.63, 3.8) is 0 Å². The van der Waals surface area contributed by atoms with Crippen LogP contribution in [0.4, 0.5) is 29.6 Å². The molecule has 0 unspecified atom stereocenters. The molecule has 2 aliphatic heterocycles. The van der Waals surface area contributed by atoms with Gasteiger partial charge in [-0.1, -0.05) is 35.9 Å². The van der Waals surface area contributed by atoms with E-state index < -0.39 is 29.0 Å². The third kappa shape index (κ3) is 10.6. The maximum atomic E-state index is 15.1. The number of rotatable bonds is 12. The van der Waals surface area contributed by atoms with Crippen LogP contribution in [0.15, 0.2) is 72.8 Å². The molecule has 2 fully saturated rings. The van der Waals surface area contributed by atoms with Gasteiger partial charge in [0, 0.05) is 56.3 Å². The van der Waals surface area contributed by atoms with Crippen LogP contribution in [0.1, 0.15) is 64.2 Å². The molecule has 0 spiro atoms. The summed E-state index contributed by atoms with van der Waals surface area (Å²) in [6, 6.07) is 20.7. The number of halogens is 4. The molecule has 5 aromatic rings. The number of piperazine rings is 1. The lowest BCUT2D eigenvalue weighted by molar-refractivity contribution is -0.137. The molecular weight excluding hydrogens is 835 g/mol. The Morgan fingerprint density at radius 1 is 0.810 bits per heavy atom. The predicted molar refractivity (Wildman–Crippen MR) is 239 cm³/mol. The molecule has 2 saturated heterocycles. The van der Waals surface area contributed by atoms with E-state index in [1.54, 1.807) is 31.3 Å². The molecule has 12 nitrogen and oxygen atoms in total. The molecule has 0 radical (unpaired) electrons. The van der Waals surface area contributed by atoms with Gasteiger partial charge in [0.05, 0.1) is 36.0 Å². The van der Waals surface area contributed by atoms with Crippen molar-refractivity contribution in [2.75, 3.05) is 63.8 Å². The first-order chi connectivity index (χ1) is 29.8. The first kappa shape index (κ1) is 45.5. The predicted octanol–water partition coefficient (Wildman–Crippen LogP) is 9.90. The number of nitrogens with zero attached hydrogens (tertiary/aromatic N) is 7. The van der Waals surface area contributed by atoms with Gasteiger partial charge in [0.2, 0.25) is 0 Å². The molecule has 3 aromatic carbocycles. The summed E-state index contributed by atoms with van der Waals surface area (Å²) in [5.74, 6) is 2.16. The molecule has 0 N–H and O–H groups in total. The van der Waals surface area contributed by atoms with Crippen molar-refractivity contribution in [3.8, 4) is 28.8 Å². The maximum absolute atomic E-state index is 15.1. The molecule has 0 aliphatic carbocycles. The van der Waals surface area contributed by atoms with E-state index in [1.807, 2.05) is 92.9 Å². The molecule has 0 bridgehead atoms. The van der Waals surface area contributed by atoms with Gasteiger partial charge < -0.3 is 33.6 Å². The normalized spacial score (nSPS) is 16.3. The van der Waals surface area contributed by atoms with Crippen molar-refractivity contribution in [1.82, 2.24) is 24.8 Å². The molecule has 0 saturated carbocycles. The monoisotopic (exact) mass is 889 g/mol. The van der Waals surface area contributed by atoms with Crippen LogP contribution in [-0.2, 0) is 24.0 Å². The number of alkyl halides is 3. The number of amides is 1. The summed E-state index contributed by atoms with van der Waals surface area (Å²) in [6.07, 6.45) is -3.23. The number of fused-ring (bicyclic) bond motifs is 1. The van der Waals surface area contributed by atoms with E-state index in [-0.39, 0.29) is 28.3 Å². The van der Waals surface area contributed by atoms with E-state index in [0.717, 1.165) is 36.6 Å². The first-order valence-corrected chi connectivity index (χ1v) is 21.4. The fourth-order valence-corrected chi connectivity index (χ4v) is 8.53. The summed E-state index contributed by atoms with van der Waals surface area (Å²) in [7, 11) is 5.23. The van der Waals surface area contributed by atoms with Gasteiger partial charge in [-0.25, -0.2) is 9.78 Å². The lowest BCUT2D eigenvalue weighted by Gasteiger charge is -2.37. The highest BCUT2D eigenvalue weighted by atomic mass is 35.5. The van der Waals surface area contributed by atoms with Crippen LogP contribution in [0, 0.1) is 0 Å². The lowest BCUT2D eigenvalue weighted by atomic mass is 9.96. The molecule has 1 amide bonds. The number of aromatic nitrogens is 3. The van der Waals surface area contributed by atoms with E-state index in [1.165, 1.54) is 6.07 Å². The summed E-state index contributed by atoms with van der Waals surface area (Å²) in [5.41, 5.74) is -0.487. The Hall–Kier alpha value is -5.54. The van der Waals surface area contributed by atoms with Gasteiger partial charge in [-0.2, -0.15) is 23.1 Å². The Bertz CT molecular complexity index is 2350. The van der Waals surface area contributed by atoms with E-state index in [9.17, 15) is 4.79 Å². The third-order valence-electron chi connectivity index (χ3n) is 11.5. The van der Waals surface area contributed by atoms with Gasteiger partial charge in [0.1, 0.15) is 34.3 Å². The van der Waals surface area contributed by atoms with Crippen LogP contribution in [0.3, 0.4) is 0 Å². The number of ether oxygens (including phenoxy) is 4. The summed E-state index contributed by atoms with van der Waals surface area (Å²) < 4.78 is 68.1. The molecule has 2 aliphatic rings. The molecule has 63 heavy (non-hydrogen) atoms. The van der Waals surface area contributed by atoms with Crippen LogP contribution in [0.2, 0.25) is 5.02 Å². The van der Waals surface area contributed by atoms with Crippen LogP contribution in [0.25, 0.3) is 22.2 Å². The van der Waals surface area contributed by atoms with Gasteiger partial charge >= 0.3 is 18.3 Å². The number of methoxy groups -OCH3 is 2. The van der Waals surface area contributed by atoms with Crippen LogP contribution < -0.4 is 24.0 Å². The zero-order valence-corrected chi connectivity index (χ0v) is 37.8. The summed E-state index contributed by atoms with van der Waals surface area (Å²) in [6.45, 7) is 12.5. The molecule has 1 atom stereocenters. The number of hydrogen-bond donors (Lipinski definition) is 0. The molecule has 2 aromatic heterocycles. The van der Waals surface area contributed by atoms with Gasteiger partial charge in [-0.3, -0.25) is 4.90 Å². The number of carbonyl (C=O) groups excluding carboxylic acids is 1. The van der Waals surface area contributed by atoms with Gasteiger partial charge in [0.25, 0.3) is 0 Å². The molecule has 7 rings (SSSR count). The Kier molecular flexibility index (Phi) is 13.2. The minimum Gasteiger partial charge on any atom is -0.497 e. The van der Waals surface area contributed by atoms with E-state index >= 15 is 13.2 Å². The number of carbonyl (C=O) groups is 1. The maximum Gasteiger partial charge on any atom is 0.418 e. The summed E-state index contributed by atoms with van der Waals surface area (Å²) in [5, 5.41) is 0.552. The highest BCUT2D eigenvalue weighted by Crippen LogP contribution is 2.43. The van der Waals surface area contributed by atoms with Crippen molar-refractivity contribution in [2.45, 2.75) is 84.0 Å². The summed E-state index contributed by atoms with van der Waals surface area (Å²) >= 11 is 7.07. The van der Waals surface area contributed by atoms with Crippen molar-refractivity contribution < 1.29 is 36.9 Å². The van der Waals surface area contributed by atoms with Crippen LogP contribution >= 0.6 is 11.6 Å². The number of pyridine rings is 1. The second kappa shape index (κ2) is 18.3. The number of likely N-dealkylation sites (tertiary alicyclic amines) is 1. The average molecular weight is 890 g/mol. The highest BCUT2D eigenvalue weighted by Gasteiger charge is 2.39. The number of anilines is 2. The Balaban J connectivity index is 1.32. The Labute approximate surface area is 371 Å². The van der Waals surface area contributed by atoms with Gasteiger partial charge in [0.15, 0.2) is 0 Å². The van der Waals surface area contributed by atoms with E-state index in [0.29, 0.717) is 73.3 Å². The molecule has 4 heterocycles. The SMILES string of the molecule is COc1ccc(CN(Cc2ccc(OC)cc2)c2ccc(C(F)(F)F)c(-c3cc4nc(OC(C)(C)[C@@H]5CCCN5C)nc(N5CCN(C(=O)OC(C)(C)C)CC5)c4cc3Cl)n2)cc1. The smallest absolute Gasteiger partial charge is 0.418 e. The molecular formula is C47H55ClF3N7O5. The third-order valence-corrected chi connectivity index (χ3v) is 11.8. The van der Waals surface area contributed by atoms with Gasteiger partial charge in [-0.05, 0) is 121 Å². The summed E-state index contributed by atoms with van der Waals surface area (Å²) in [4.78, 5) is 35.3. The van der Waals surface area contributed by atoms with Crippen molar-refractivity contribution >= 4 is 40.2 Å². The van der Waals surface area contributed by atoms with E-state index in [4.69, 9.17) is 45.5 Å². The van der Waals surface area contributed by atoms with E-state index in [2.05, 4.69) is 11.9 Å². The lowest BCUT2D eigenvalue weighted by Crippen LogP contribution is -2.50. The van der Waals surface area contributed by atoms with Gasteiger partial charge in [-0.15, -0.1) is 0 Å². The number of likely N-dealkylation sites (N-methyl/N-ethyl adjacent to an activating group) is 1. The quantitative estimate of drug-likeness (QED) is 0.120. The second-order valence-corrected chi connectivity index (χ2v) is 18.0. The number of hydrogen-bond acceptors (Lipinski definition) is 11. The van der Waals surface area contributed by atoms with Crippen LogP contribution in [-0.4, -0.2) is 102 Å². The average Bonchev–Trinajstić information content (AvgIpc) is 3.69. The fourth-order valence-electron chi connectivity index (χ4n) is 8.28. The Morgan fingerprint density at radius 2 is 1.41 bits per heavy atom. The highest BCUT2D eigenvalue weighted by molar-refractivity contribution is 6.34. The van der Waals surface area contributed by atoms with Crippen molar-refractivity contribution in [1.29, 1.82) is 0 Å². The standard InChI is InChI=1S/C47H55ClF3N7O5/c1-45(2,3)63-44(59)57-24-22-56(23-25-57)42-35-26-37(48)34(27-38(35)52-43(54-42)62-46(4,5)39-10-9-21-55(39)6)41-36(47(49,50)51)19-20-40(53-41)58(28-30-11-15-32(60-7)16-12-30)29-31-13-17-33(61-8)18-14-31/h11-20,26-27,39H,9-10,21-25,28-29H2,1-8H3/t39-/m0/s1. The second-order valence-electron chi connectivity index (χ2n) is 17.6. The number of benzene rings is 3. The largest absolute Gasteiger partial charge is 0.497 e. The molecule has 16 heteroatoms. The topological polar surface area (TPSA) is 106 Å². The van der Waals surface area contributed by atoms with Crippen molar-refractivity contribution in [3.05, 3.63) is 94.5 Å². The Morgan fingerprint density at radius 3 is 1.94 bits per heavy atom. The fraction of sp³-hybridized carbons (Fsp3) is 0.447. The molecule has 336 valence electrons.